The second-order valence-electron chi connectivity index (χ2n) is 24.1. The van der Waals surface area contributed by atoms with E-state index in [9.17, 15) is 0 Å². The van der Waals surface area contributed by atoms with E-state index in [0.29, 0.717) is 5.92 Å². The van der Waals surface area contributed by atoms with Crippen LogP contribution in [-0.4, -0.2) is 0 Å². The Bertz CT molecular complexity index is 4010. The van der Waals surface area contributed by atoms with Crippen molar-refractivity contribution >= 4 is 10.8 Å². The van der Waals surface area contributed by atoms with Crippen molar-refractivity contribution in [2.75, 3.05) is 0 Å². The number of pyridine rings is 5. The summed E-state index contributed by atoms with van der Waals surface area (Å²) in [6.07, 6.45) is 12.0. The maximum atomic E-state index is 2.36. The molecule has 6 aromatic carbocycles. The maximum absolute atomic E-state index is 2.36. The molecule has 5 nitrogen and oxygen atoms in total. The number of aromatic nitrogens is 5. The number of rotatable bonds is 7. The lowest BCUT2D eigenvalue weighted by atomic mass is 9.95. The second-order valence-corrected chi connectivity index (χ2v) is 24.1. The third-order valence-corrected chi connectivity index (χ3v) is 16.2. The molecule has 5 heteroatoms. The van der Waals surface area contributed by atoms with Gasteiger partial charge in [-0.3, -0.25) is 0 Å². The molecule has 85 heavy (non-hydrogen) atoms. The third-order valence-electron chi connectivity index (χ3n) is 16.2. The molecule has 5 aromatic heterocycles. The fourth-order valence-electron chi connectivity index (χ4n) is 11.3. The molecule has 0 aliphatic rings. The first kappa shape index (κ1) is 63.9. The van der Waals surface area contributed by atoms with Crippen LogP contribution in [0.4, 0.5) is 0 Å². The van der Waals surface area contributed by atoms with E-state index in [0.717, 1.165) is 6.42 Å². The molecule has 0 atom stereocenters. The van der Waals surface area contributed by atoms with Crippen LogP contribution < -0.4 is 22.8 Å². The van der Waals surface area contributed by atoms with Crippen LogP contribution in [0.5, 0.6) is 0 Å². The number of benzene rings is 6. The molecule has 0 aliphatic carbocycles. The van der Waals surface area contributed by atoms with E-state index in [-0.39, 0.29) is 0 Å². The van der Waals surface area contributed by atoms with Crippen molar-refractivity contribution in [1.82, 2.24) is 0 Å². The van der Waals surface area contributed by atoms with Crippen LogP contribution in [0, 0.1) is 89.0 Å². The first-order valence-electron chi connectivity index (χ1n) is 30.1. The van der Waals surface area contributed by atoms with Gasteiger partial charge in [-0.25, -0.2) is 22.8 Å². The molecule has 11 rings (SSSR count). The van der Waals surface area contributed by atoms with Crippen molar-refractivity contribution in [2.24, 2.45) is 41.2 Å². The molecule has 0 amide bonds. The van der Waals surface area contributed by atoms with Crippen molar-refractivity contribution in [3.8, 4) is 56.3 Å². The molecule has 0 bridgehead atoms. The lowest BCUT2D eigenvalue weighted by Crippen LogP contribution is -2.31. The first-order chi connectivity index (χ1) is 40.5. The van der Waals surface area contributed by atoms with Gasteiger partial charge in [-0.05, 0) is 200 Å². The lowest BCUT2D eigenvalue weighted by molar-refractivity contribution is -0.660. The van der Waals surface area contributed by atoms with Crippen molar-refractivity contribution in [3.05, 3.63) is 279 Å². The Morgan fingerprint density at radius 3 is 1.26 bits per heavy atom. The predicted octanol–water partition coefficient (Wildman–Crippen LogP) is 16.9. The summed E-state index contributed by atoms with van der Waals surface area (Å²) >= 11 is 0. The topological polar surface area (TPSA) is 19.4 Å². The number of hydrogen-bond acceptors (Lipinski definition) is 0. The van der Waals surface area contributed by atoms with Crippen LogP contribution in [0.2, 0.25) is 0 Å². The quantitative estimate of drug-likeness (QED) is 0.142. The van der Waals surface area contributed by atoms with E-state index >= 15 is 0 Å². The molecule has 0 spiro atoms. The minimum atomic E-state index is 0.684. The largest absolute Gasteiger partial charge is 0.213 e. The summed E-state index contributed by atoms with van der Waals surface area (Å²) in [5.41, 5.74) is 30.2. The molecule has 0 radical (unpaired) electrons. The normalized spacial score (nSPS) is 10.7. The van der Waals surface area contributed by atoms with E-state index in [1.54, 1.807) is 0 Å². The minimum Gasteiger partial charge on any atom is -0.201 e. The van der Waals surface area contributed by atoms with Crippen LogP contribution in [0.25, 0.3) is 67.1 Å². The van der Waals surface area contributed by atoms with Gasteiger partial charge >= 0.3 is 0 Å². The van der Waals surface area contributed by atoms with Gasteiger partial charge in [0, 0.05) is 86.3 Å². The average molecular weight is 1130 g/mol. The van der Waals surface area contributed by atoms with Crippen molar-refractivity contribution in [1.29, 1.82) is 0 Å². The van der Waals surface area contributed by atoms with Gasteiger partial charge in [0.15, 0.2) is 31.0 Å². The van der Waals surface area contributed by atoms with Crippen molar-refractivity contribution in [3.63, 3.8) is 0 Å². The molecule has 11 aromatic rings. The summed E-state index contributed by atoms with van der Waals surface area (Å²) in [5, 5.41) is 2.63. The van der Waals surface area contributed by atoms with E-state index < -0.39 is 0 Å². The highest BCUT2D eigenvalue weighted by Gasteiger charge is 2.18. The zero-order valence-electron chi connectivity index (χ0n) is 54.7. The van der Waals surface area contributed by atoms with Gasteiger partial charge in [0.25, 0.3) is 0 Å². The molecule has 5 heterocycles. The van der Waals surface area contributed by atoms with Gasteiger partial charge in [0.2, 0.25) is 28.5 Å². The molecule has 434 valence electrons. The Morgan fingerprint density at radius 2 is 0.741 bits per heavy atom. The summed E-state index contributed by atoms with van der Waals surface area (Å²) < 4.78 is 11.0. The molecule has 0 aliphatic heterocycles. The van der Waals surface area contributed by atoms with Crippen LogP contribution in [-0.2, 0) is 41.7 Å². The summed E-state index contributed by atoms with van der Waals surface area (Å²) in [6.45, 7) is 30.4. The standard InChI is InChI=1S/C23H28N.2C15H18N.C14H16N.C13H14N/c1-15(2)9-19-7-8-20-14-24(6)23(13-21(20)12-19)22-11-16(3)10-17(4)18(22)5;1-11-5-7-14(13(3)9-11)15-8-6-12(2)10-16(15)4;1-11-7-5-6-8-14(11)15-9-12(2)13(3)10-16(15)4;1-11-8-9-14(15(3)10-11)13-7-5-4-6-12(13)2;1-11-7-3-4-8-12(11)13-9-5-6-10-14(13)2/h7-8,10-15H,9H2,1-6H3;2*5-10H,1-4H3;4-10H,1-3H3;3-10H,1-2H3/q5*+1. The van der Waals surface area contributed by atoms with Gasteiger partial charge in [-0.15, -0.1) is 0 Å². The minimum absolute atomic E-state index is 0.684. The van der Waals surface area contributed by atoms with E-state index in [1.165, 1.54) is 139 Å². The summed E-state index contributed by atoms with van der Waals surface area (Å²) in [6, 6.07) is 63.0. The highest BCUT2D eigenvalue weighted by Crippen LogP contribution is 2.29. The Balaban J connectivity index is 0.000000155. The zero-order chi connectivity index (χ0) is 61.6. The SMILES string of the molecule is Cc1cc(-c2ccccc2C)[n+](C)cc1C.Cc1cc(C)c(C)c(-c2cc3cc(CC(C)C)ccc3c[n+]2C)c1.Cc1ccc(-c2ccc(C)c[n+]2C)c(C)c1.Cc1ccc(-c2ccccc2C)[n+](C)c1.Cc1ccccc1-c1cccc[n+]1C. The second kappa shape index (κ2) is 29.2. The highest BCUT2D eigenvalue weighted by molar-refractivity contribution is 5.85. The maximum Gasteiger partial charge on any atom is 0.213 e. The average Bonchev–Trinajstić information content (AvgIpc) is 1.79. The number of aryl methyl sites for hydroxylation is 16. The summed E-state index contributed by atoms with van der Waals surface area (Å²) in [7, 11) is 10.5. The van der Waals surface area contributed by atoms with Crippen LogP contribution in [0.1, 0.15) is 86.2 Å². The van der Waals surface area contributed by atoms with Crippen molar-refractivity contribution < 1.29 is 22.8 Å². The molecule has 0 fully saturated rings. The zero-order valence-corrected chi connectivity index (χ0v) is 54.7. The van der Waals surface area contributed by atoms with E-state index in [4.69, 9.17) is 0 Å². The molecule has 0 N–H and O–H groups in total. The van der Waals surface area contributed by atoms with Crippen LogP contribution in [0.3, 0.4) is 0 Å². The van der Waals surface area contributed by atoms with Crippen molar-refractivity contribution in [2.45, 2.75) is 103 Å². The van der Waals surface area contributed by atoms with Gasteiger partial charge in [0.05, 0.1) is 0 Å². The lowest BCUT2D eigenvalue weighted by Gasteiger charge is -2.11. The monoisotopic (exact) mass is 1120 g/mol. The molecule has 0 saturated heterocycles. The van der Waals surface area contributed by atoms with Gasteiger partial charge in [-0.2, -0.15) is 0 Å². The number of hydrogen-bond donors (Lipinski definition) is 0. The van der Waals surface area contributed by atoms with E-state index in [1.807, 2.05) is 6.07 Å². The number of nitrogens with zero attached hydrogens (tertiary/aromatic N) is 5. The van der Waals surface area contributed by atoms with Crippen LogP contribution in [0.15, 0.2) is 207 Å². The number of fused-ring (bicyclic) bond motifs is 1. The van der Waals surface area contributed by atoms with Gasteiger partial charge in [0.1, 0.15) is 35.2 Å². The fraction of sp³-hybridized carbons (Fsp3) is 0.263. The highest BCUT2D eigenvalue weighted by atomic mass is 14.9. The van der Waals surface area contributed by atoms with E-state index in [2.05, 4.69) is 356 Å². The van der Waals surface area contributed by atoms with Gasteiger partial charge < -0.3 is 0 Å². The molecule has 0 saturated carbocycles. The van der Waals surface area contributed by atoms with Crippen LogP contribution >= 0.6 is 0 Å². The summed E-state index contributed by atoms with van der Waals surface area (Å²) in [5.74, 6) is 0.684. The third kappa shape index (κ3) is 16.8. The summed E-state index contributed by atoms with van der Waals surface area (Å²) in [4.78, 5) is 0. The fourth-order valence-corrected chi connectivity index (χ4v) is 11.3. The molecular formula is C80H94N5+5. The Kier molecular flexibility index (Phi) is 22.0. The first-order valence-corrected chi connectivity index (χ1v) is 30.1. The Morgan fingerprint density at radius 1 is 0.282 bits per heavy atom. The van der Waals surface area contributed by atoms with Gasteiger partial charge in [-0.1, -0.05) is 110 Å². The molecular weight excluding hydrogens is 1030 g/mol. The Hall–Kier alpha value is -8.67. The predicted molar refractivity (Wildman–Crippen MR) is 358 cm³/mol. The Labute approximate surface area is 510 Å². The molecule has 0 unspecified atom stereocenters. The smallest absolute Gasteiger partial charge is 0.201 e.